The molecule has 0 saturated carbocycles. The van der Waals surface area contributed by atoms with Crippen molar-refractivity contribution in [2.75, 3.05) is 0 Å². The lowest BCUT2D eigenvalue weighted by molar-refractivity contribution is 0.450. The van der Waals surface area contributed by atoms with Gasteiger partial charge in [0.05, 0.1) is 5.02 Å². The number of aromatic hydroxyl groups is 1. The van der Waals surface area contributed by atoms with E-state index in [1.165, 1.54) is 0 Å². The third-order valence-corrected chi connectivity index (χ3v) is 2.57. The minimum Gasteiger partial charge on any atom is -0.508 e. The van der Waals surface area contributed by atoms with Crippen LogP contribution in [0.1, 0.15) is 25.0 Å². The number of hydrogen-bond donors (Lipinski definition) is 2. The van der Waals surface area contributed by atoms with Gasteiger partial charge in [0.15, 0.2) is 0 Å². The Morgan fingerprint density at radius 1 is 1.43 bits per heavy atom. The first kappa shape index (κ1) is 11.3. The molecule has 0 aliphatic rings. The van der Waals surface area contributed by atoms with Gasteiger partial charge in [-0.25, -0.2) is 0 Å². The molecular weight excluding hydrogens is 198 g/mol. The molecule has 0 heterocycles. The average Bonchev–Trinajstić information content (AvgIpc) is 2.04. The summed E-state index contributed by atoms with van der Waals surface area (Å²) in [5.74, 6) is 0.221. The molecule has 1 rings (SSSR count). The maximum absolute atomic E-state index is 9.64. The van der Waals surface area contributed by atoms with Crippen molar-refractivity contribution in [3.8, 4) is 5.75 Å². The first-order valence-corrected chi connectivity index (χ1v) is 4.95. The Kier molecular flexibility index (Phi) is 3.07. The number of hydrogen-bond acceptors (Lipinski definition) is 2. The molecule has 1 aromatic rings. The van der Waals surface area contributed by atoms with E-state index in [9.17, 15) is 5.11 Å². The van der Waals surface area contributed by atoms with Gasteiger partial charge in [0, 0.05) is 11.1 Å². The molecular formula is C11H16ClNO. The van der Waals surface area contributed by atoms with Crippen LogP contribution in [0.3, 0.4) is 0 Å². The van der Waals surface area contributed by atoms with Gasteiger partial charge >= 0.3 is 0 Å². The largest absolute Gasteiger partial charge is 0.508 e. The molecule has 0 amide bonds. The lowest BCUT2D eigenvalue weighted by Gasteiger charge is -2.20. The maximum Gasteiger partial charge on any atom is 0.120 e. The van der Waals surface area contributed by atoms with Crippen LogP contribution in [0.2, 0.25) is 5.02 Å². The summed E-state index contributed by atoms with van der Waals surface area (Å²) in [5.41, 5.74) is 7.22. The van der Waals surface area contributed by atoms with Crippen LogP contribution in [0.15, 0.2) is 12.1 Å². The fourth-order valence-electron chi connectivity index (χ4n) is 1.35. The van der Waals surface area contributed by atoms with E-state index in [1.807, 2.05) is 20.8 Å². The van der Waals surface area contributed by atoms with Crippen molar-refractivity contribution in [3.63, 3.8) is 0 Å². The van der Waals surface area contributed by atoms with Crippen molar-refractivity contribution >= 4 is 11.6 Å². The fraction of sp³-hybridized carbons (Fsp3) is 0.455. The molecule has 0 aromatic heterocycles. The molecule has 0 unspecified atom stereocenters. The van der Waals surface area contributed by atoms with Crippen molar-refractivity contribution in [2.24, 2.45) is 5.73 Å². The second-order valence-electron chi connectivity index (χ2n) is 4.36. The molecule has 0 spiro atoms. The smallest absolute Gasteiger partial charge is 0.120 e. The summed E-state index contributed by atoms with van der Waals surface area (Å²) in [6.07, 6.45) is 0.569. The van der Waals surface area contributed by atoms with Crippen LogP contribution in [-0.4, -0.2) is 10.6 Å². The molecule has 0 fully saturated rings. The summed E-state index contributed by atoms with van der Waals surface area (Å²) in [7, 11) is 0. The topological polar surface area (TPSA) is 46.2 Å². The lowest BCUT2D eigenvalue weighted by Crippen LogP contribution is -2.34. The predicted molar refractivity (Wildman–Crippen MR) is 59.8 cm³/mol. The van der Waals surface area contributed by atoms with Crippen molar-refractivity contribution in [3.05, 3.63) is 28.3 Å². The highest BCUT2D eigenvalue weighted by Gasteiger charge is 2.17. The molecule has 78 valence electrons. The number of halogens is 1. The highest BCUT2D eigenvalue weighted by Crippen LogP contribution is 2.31. The van der Waals surface area contributed by atoms with Gasteiger partial charge in [0.25, 0.3) is 0 Å². The molecule has 0 saturated heterocycles. The van der Waals surface area contributed by atoms with Crippen LogP contribution in [-0.2, 0) is 6.42 Å². The van der Waals surface area contributed by atoms with Crippen LogP contribution >= 0.6 is 11.6 Å². The third-order valence-electron chi connectivity index (χ3n) is 2.04. The SMILES string of the molecule is Cc1ccc(O)c(CC(C)(C)N)c1Cl. The Labute approximate surface area is 89.7 Å². The Morgan fingerprint density at radius 2 is 2.00 bits per heavy atom. The van der Waals surface area contributed by atoms with Gasteiger partial charge < -0.3 is 10.8 Å². The number of nitrogens with two attached hydrogens (primary N) is 1. The van der Waals surface area contributed by atoms with Crippen molar-refractivity contribution in [1.29, 1.82) is 0 Å². The predicted octanol–water partition coefficient (Wildman–Crippen LogP) is 2.63. The van der Waals surface area contributed by atoms with Crippen molar-refractivity contribution < 1.29 is 5.11 Å². The summed E-state index contributed by atoms with van der Waals surface area (Å²) in [4.78, 5) is 0. The Bertz CT molecular complexity index is 342. The van der Waals surface area contributed by atoms with E-state index < -0.39 is 0 Å². The van der Waals surface area contributed by atoms with Gasteiger partial charge in [-0.1, -0.05) is 17.7 Å². The number of phenols is 1. The van der Waals surface area contributed by atoms with E-state index in [-0.39, 0.29) is 11.3 Å². The van der Waals surface area contributed by atoms with Gasteiger partial charge in [-0.3, -0.25) is 0 Å². The molecule has 14 heavy (non-hydrogen) atoms. The lowest BCUT2D eigenvalue weighted by atomic mass is 9.94. The van der Waals surface area contributed by atoms with E-state index in [2.05, 4.69) is 0 Å². The first-order valence-electron chi connectivity index (χ1n) is 4.57. The zero-order chi connectivity index (χ0) is 10.9. The molecule has 0 atom stereocenters. The van der Waals surface area contributed by atoms with Gasteiger partial charge in [-0.05, 0) is 38.8 Å². The standard InChI is InChI=1S/C11H16ClNO/c1-7-4-5-9(14)8(10(7)12)6-11(2,3)13/h4-5,14H,6,13H2,1-3H3. The summed E-state index contributed by atoms with van der Waals surface area (Å²) in [6, 6.07) is 3.45. The minimum absolute atomic E-state index is 0.221. The van der Waals surface area contributed by atoms with Gasteiger partial charge in [-0.15, -0.1) is 0 Å². The normalized spacial score (nSPS) is 11.8. The van der Waals surface area contributed by atoms with E-state index >= 15 is 0 Å². The Hall–Kier alpha value is -0.730. The van der Waals surface area contributed by atoms with E-state index in [4.69, 9.17) is 17.3 Å². The van der Waals surface area contributed by atoms with Crippen LogP contribution in [0.5, 0.6) is 5.75 Å². The minimum atomic E-state index is -0.366. The molecule has 0 aliphatic carbocycles. The Balaban J connectivity index is 3.13. The maximum atomic E-state index is 9.64. The van der Waals surface area contributed by atoms with E-state index in [1.54, 1.807) is 12.1 Å². The zero-order valence-electron chi connectivity index (χ0n) is 8.76. The molecule has 0 radical (unpaired) electrons. The number of rotatable bonds is 2. The fourth-order valence-corrected chi connectivity index (χ4v) is 1.58. The number of aryl methyl sites for hydroxylation is 1. The molecule has 1 aromatic carbocycles. The van der Waals surface area contributed by atoms with Crippen LogP contribution in [0, 0.1) is 6.92 Å². The second-order valence-corrected chi connectivity index (χ2v) is 4.74. The van der Waals surface area contributed by atoms with E-state index in [0.717, 1.165) is 11.1 Å². The van der Waals surface area contributed by atoms with Gasteiger partial charge in [-0.2, -0.15) is 0 Å². The first-order chi connectivity index (χ1) is 6.31. The molecule has 3 N–H and O–H groups in total. The van der Waals surface area contributed by atoms with Crippen molar-refractivity contribution in [2.45, 2.75) is 32.7 Å². The molecule has 2 nitrogen and oxygen atoms in total. The quantitative estimate of drug-likeness (QED) is 0.794. The zero-order valence-corrected chi connectivity index (χ0v) is 9.52. The molecule has 0 bridgehead atoms. The average molecular weight is 214 g/mol. The van der Waals surface area contributed by atoms with Gasteiger partial charge in [0.1, 0.15) is 5.75 Å². The summed E-state index contributed by atoms with van der Waals surface area (Å²) in [6.45, 7) is 5.73. The Morgan fingerprint density at radius 3 is 2.50 bits per heavy atom. The second kappa shape index (κ2) is 3.79. The molecule has 3 heteroatoms. The molecule has 0 aliphatic heterocycles. The van der Waals surface area contributed by atoms with Crippen LogP contribution in [0.4, 0.5) is 0 Å². The highest BCUT2D eigenvalue weighted by molar-refractivity contribution is 6.32. The third kappa shape index (κ3) is 2.63. The summed E-state index contributed by atoms with van der Waals surface area (Å²) in [5, 5.41) is 10.3. The number of phenolic OH excluding ortho intramolecular Hbond substituents is 1. The van der Waals surface area contributed by atoms with Crippen LogP contribution in [0.25, 0.3) is 0 Å². The van der Waals surface area contributed by atoms with Crippen molar-refractivity contribution in [1.82, 2.24) is 0 Å². The highest BCUT2D eigenvalue weighted by atomic mass is 35.5. The number of benzene rings is 1. The van der Waals surface area contributed by atoms with E-state index in [0.29, 0.717) is 11.4 Å². The summed E-state index contributed by atoms with van der Waals surface area (Å²) >= 11 is 6.09. The summed E-state index contributed by atoms with van der Waals surface area (Å²) < 4.78 is 0. The monoisotopic (exact) mass is 213 g/mol. The van der Waals surface area contributed by atoms with Gasteiger partial charge in [0.2, 0.25) is 0 Å². The van der Waals surface area contributed by atoms with Crippen LogP contribution < -0.4 is 5.73 Å².